The van der Waals surface area contributed by atoms with Crippen molar-refractivity contribution in [3.8, 4) is 0 Å². The summed E-state index contributed by atoms with van der Waals surface area (Å²) >= 11 is 1.62. The van der Waals surface area contributed by atoms with Gasteiger partial charge in [-0.25, -0.2) is 0 Å². The molecule has 1 amide bonds. The zero-order valence-electron chi connectivity index (χ0n) is 11.3. The molecule has 3 nitrogen and oxygen atoms in total. The first-order chi connectivity index (χ1) is 9.14. The van der Waals surface area contributed by atoms with Crippen LogP contribution in [0, 0.1) is 0 Å². The van der Waals surface area contributed by atoms with E-state index in [0.717, 1.165) is 17.9 Å². The van der Waals surface area contributed by atoms with Crippen LogP contribution in [0.1, 0.15) is 31.7 Å². The zero-order chi connectivity index (χ0) is 13.7. The molecule has 1 aromatic rings. The number of amides is 1. The number of aliphatic hydroxyl groups is 1. The fourth-order valence-electron chi connectivity index (χ4n) is 2.12. The molecule has 1 saturated heterocycles. The summed E-state index contributed by atoms with van der Waals surface area (Å²) in [6.07, 6.45) is 3.98. The van der Waals surface area contributed by atoms with Crippen LogP contribution < -0.4 is 5.32 Å². The minimum atomic E-state index is -1.19. The Morgan fingerprint density at radius 3 is 2.74 bits per heavy atom. The Bertz CT molecular complexity index is 424. The number of carbonyl (C=O) groups excluding carboxylic acids is 1. The lowest BCUT2D eigenvalue weighted by molar-refractivity contribution is -0.131. The second-order valence-corrected chi connectivity index (χ2v) is 6.19. The molecule has 2 rings (SSSR count). The third kappa shape index (κ3) is 3.74. The maximum absolute atomic E-state index is 12.0. The van der Waals surface area contributed by atoms with Crippen molar-refractivity contribution in [3.63, 3.8) is 0 Å². The van der Waals surface area contributed by atoms with Crippen LogP contribution in [0.3, 0.4) is 0 Å². The van der Waals surface area contributed by atoms with Gasteiger partial charge in [-0.1, -0.05) is 25.5 Å². The summed E-state index contributed by atoms with van der Waals surface area (Å²) in [7, 11) is 0. The molecule has 1 heterocycles. The third-order valence-corrected chi connectivity index (χ3v) is 4.63. The molecule has 2 N–H and O–H groups in total. The topological polar surface area (TPSA) is 49.3 Å². The molecule has 0 spiro atoms. The van der Waals surface area contributed by atoms with Crippen molar-refractivity contribution in [3.05, 3.63) is 29.8 Å². The second-order valence-electron chi connectivity index (χ2n) is 5.09. The molecule has 0 aliphatic carbocycles. The van der Waals surface area contributed by atoms with E-state index in [1.54, 1.807) is 11.8 Å². The lowest BCUT2D eigenvalue weighted by Crippen LogP contribution is -2.42. The molecule has 1 fully saturated rings. The summed E-state index contributed by atoms with van der Waals surface area (Å²) in [4.78, 5) is 12.0. The second kappa shape index (κ2) is 6.44. The Morgan fingerprint density at radius 1 is 1.42 bits per heavy atom. The van der Waals surface area contributed by atoms with Crippen molar-refractivity contribution in [2.75, 3.05) is 16.8 Å². The summed E-state index contributed by atoms with van der Waals surface area (Å²) in [6, 6.07) is 7.90. The van der Waals surface area contributed by atoms with Crippen LogP contribution in [0.2, 0.25) is 0 Å². The number of aryl methyl sites for hydroxylation is 1. The van der Waals surface area contributed by atoms with Crippen LogP contribution >= 0.6 is 11.8 Å². The van der Waals surface area contributed by atoms with Crippen molar-refractivity contribution >= 4 is 23.4 Å². The van der Waals surface area contributed by atoms with E-state index in [0.29, 0.717) is 12.2 Å². The Kier molecular flexibility index (Phi) is 4.88. The predicted octanol–water partition coefficient (Wildman–Crippen LogP) is 2.84. The van der Waals surface area contributed by atoms with Crippen LogP contribution in [0.15, 0.2) is 24.3 Å². The molecular formula is C15H21NO2S. The van der Waals surface area contributed by atoms with E-state index in [1.807, 2.05) is 24.3 Å². The van der Waals surface area contributed by atoms with Crippen LogP contribution in [-0.2, 0) is 11.2 Å². The van der Waals surface area contributed by atoms with Crippen molar-refractivity contribution in [2.24, 2.45) is 0 Å². The first-order valence-electron chi connectivity index (χ1n) is 6.84. The van der Waals surface area contributed by atoms with E-state index >= 15 is 0 Å². The van der Waals surface area contributed by atoms with Crippen LogP contribution in [0.5, 0.6) is 0 Å². The number of rotatable bonds is 5. The maximum atomic E-state index is 12.0. The van der Waals surface area contributed by atoms with E-state index < -0.39 is 5.60 Å². The van der Waals surface area contributed by atoms with Gasteiger partial charge < -0.3 is 10.4 Å². The molecule has 0 saturated carbocycles. The summed E-state index contributed by atoms with van der Waals surface area (Å²) in [5.74, 6) is 1.06. The number of thioether (sulfide) groups is 1. The van der Waals surface area contributed by atoms with Gasteiger partial charge in [-0.3, -0.25) is 4.79 Å². The van der Waals surface area contributed by atoms with Crippen molar-refractivity contribution in [2.45, 2.75) is 38.2 Å². The highest BCUT2D eigenvalue weighted by Gasteiger charge is 2.39. The molecular weight excluding hydrogens is 258 g/mol. The molecule has 0 bridgehead atoms. The van der Waals surface area contributed by atoms with Gasteiger partial charge in [-0.05, 0) is 42.7 Å². The summed E-state index contributed by atoms with van der Waals surface area (Å²) < 4.78 is 0. The first kappa shape index (κ1) is 14.4. The standard InChI is InChI=1S/C15H21NO2S/c1-2-3-4-12-5-7-13(8-6-12)16-14(17)15(18)9-10-19-11-15/h5-8,18H,2-4,9-11H2,1H3,(H,16,17). The van der Waals surface area contributed by atoms with E-state index in [-0.39, 0.29) is 5.91 Å². The quantitative estimate of drug-likeness (QED) is 0.871. The van der Waals surface area contributed by atoms with Gasteiger partial charge in [0.15, 0.2) is 5.60 Å². The summed E-state index contributed by atoms with van der Waals surface area (Å²) in [5, 5.41) is 13.0. The molecule has 0 aromatic heterocycles. The van der Waals surface area contributed by atoms with Crippen molar-refractivity contribution < 1.29 is 9.90 Å². The van der Waals surface area contributed by atoms with Gasteiger partial charge in [0.2, 0.25) is 0 Å². The third-order valence-electron chi connectivity index (χ3n) is 3.45. The lowest BCUT2D eigenvalue weighted by atomic mass is 10.0. The van der Waals surface area contributed by atoms with E-state index in [4.69, 9.17) is 0 Å². The fraction of sp³-hybridized carbons (Fsp3) is 0.533. The maximum Gasteiger partial charge on any atom is 0.257 e. The first-order valence-corrected chi connectivity index (χ1v) is 8.00. The van der Waals surface area contributed by atoms with Crippen molar-refractivity contribution in [1.29, 1.82) is 0 Å². The van der Waals surface area contributed by atoms with Crippen LogP contribution in [0.25, 0.3) is 0 Å². The molecule has 1 unspecified atom stereocenters. The number of hydrogen-bond acceptors (Lipinski definition) is 3. The van der Waals surface area contributed by atoms with E-state index in [2.05, 4.69) is 12.2 Å². The fourth-order valence-corrected chi connectivity index (χ4v) is 3.36. The van der Waals surface area contributed by atoms with Crippen LogP contribution in [0.4, 0.5) is 5.69 Å². The summed E-state index contributed by atoms with van der Waals surface area (Å²) in [5.41, 5.74) is 0.858. The summed E-state index contributed by atoms with van der Waals surface area (Å²) in [6.45, 7) is 2.18. The van der Waals surface area contributed by atoms with E-state index in [9.17, 15) is 9.90 Å². The Balaban J connectivity index is 1.93. The SMILES string of the molecule is CCCCc1ccc(NC(=O)C2(O)CCSC2)cc1. The molecule has 19 heavy (non-hydrogen) atoms. The smallest absolute Gasteiger partial charge is 0.257 e. The Morgan fingerprint density at radius 2 is 2.16 bits per heavy atom. The van der Waals surface area contributed by atoms with Gasteiger partial charge >= 0.3 is 0 Å². The average Bonchev–Trinajstić information content (AvgIpc) is 2.86. The largest absolute Gasteiger partial charge is 0.379 e. The number of anilines is 1. The van der Waals surface area contributed by atoms with Crippen LogP contribution in [-0.4, -0.2) is 28.1 Å². The molecule has 1 atom stereocenters. The van der Waals surface area contributed by atoms with Gasteiger partial charge in [0, 0.05) is 11.4 Å². The average molecular weight is 279 g/mol. The number of hydrogen-bond donors (Lipinski definition) is 2. The highest BCUT2D eigenvalue weighted by Crippen LogP contribution is 2.29. The van der Waals surface area contributed by atoms with Gasteiger partial charge in [-0.2, -0.15) is 11.8 Å². The normalized spacial score (nSPS) is 22.4. The molecule has 1 aliphatic heterocycles. The lowest BCUT2D eigenvalue weighted by Gasteiger charge is -2.20. The zero-order valence-corrected chi connectivity index (χ0v) is 12.1. The number of benzene rings is 1. The highest BCUT2D eigenvalue weighted by atomic mass is 32.2. The molecule has 104 valence electrons. The number of unbranched alkanes of at least 4 members (excludes halogenated alkanes) is 1. The predicted molar refractivity (Wildman–Crippen MR) is 80.6 cm³/mol. The molecule has 4 heteroatoms. The Hall–Kier alpha value is -1.00. The van der Waals surface area contributed by atoms with Crippen molar-refractivity contribution in [1.82, 2.24) is 0 Å². The molecule has 1 aromatic carbocycles. The van der Waals surface area contributed by atoms with Gasteiger partial charge in [0.25, 0.3) is 5.91 Å². The minimum absolute atomic E-state index is 0.279. The van der Waals surface area contributed by atoms with Gasteiger partial charge in [-0.15, -0.1) is 0 Å². The van der Waals surface area contributed by atoms with Gasteiger partial charge in [0.1, 0.15) is 0 Å². The Labute approximate surface area is 118 Å². The minimum Gasteiger partial charge on any atom is -0.379 e. The number of carbonyl (C=O) groups is 1. The number of nitrogens with one attached hydrogen (secondary N) is 1. The molecule has 1 aliphatic rings. The molecule has 0 radical (unpaired) electrons. The highest BCUT2D eigenvalue weighted by molar-refractivity contribution is 7.99. The monoisotopic (exact) mass is 279 g/mol. The van der Waals surface area contributed by atoms with Gasteiger partial charge in [0.05, 0.1) is 0 Å². The van der Waals surface area contributed by atoms with E-state index in [1.165, 1.54) is 18.4 Å².